The molecule has 146 valence electrons. The third-order valence-corrected chi connectivity index (χ3v) is 6.15. The third kappa shape index (κ3) is 4.25. The Morgan fingerprint density at radius 2 is 2.11 bits per heavy atom. The molecule has 2 N–H and O–H groups in total. The number of nitro groups is 1. The Hall–Kier alpha value is -2.53. The van der Waals surface area contributed by atoms with E-state index in [9.17, 15) is 28.4 Å². The molecule has 0 spiro atoms. The van der Waals surface area contributed by atoms with Gasteiger partial charge in [0.05, 0.1) is 28.0 Å². The molecular formula is C16H19N3O6S2. The van der Waals surface area contributed by atoms with Gasteiger partial charge in [-0.1, -0.05) is 25.5 Å². The molecule has 1 aromatic rings. The molecule has 2 rings (SSSR count). The zero-order valence-electron chi connectivity index (χ0n) is 14.7. The molecule has 0 bridgehead atoms. The Kier molecular flexibility index (Phi) is 6.16. The van der Waals surface area contributed by atoms with Crippen LogP contribution in [0.15, 0.2) is 29.8 Å². The molecule has 0 saturated carbocycles. The highest BCUT2D eigenvalue weighted by Crippen LogP contribution is 2.33. The SMILES string of the molecule is CCCCS(=O)(=O)N1C(=S)NC(C)C(C(=O)O)=C1c1cccc([N+](=O)[O-])c1. The summed E-state index contributed by atoms with van der Waals surface area (Å²) in [7, 11) is -3.98. The van der Waals surface area contributed by atoms with Crippen molar-refractivity contribution in [1.29, 1.82) is 0 Å². The van der Waals surface area contributed by atoms with Crippen molar-refractivity contribution in [1.82, 2.24) is 9.62 Å². The van der Waals surface area contributed by atoms with Crippen LogP contribution in [0.3, 0.4) is 0 Å². The number of sulfonamides is 1. The number of carboxylic acid groups (broad SMARTS) is 1. The Morgan fingerprint density at radius 3 is 2.67 bits per heavy atom. The molecule has 0 saturated heterocycles. The largest absolute Gasteiger partial charge is 0.478 e. The number of carboxylic acids is 1. The number of rotatable bonds is 7. The van der Waals surface area contributed by atoms with Crippen LogP contribution in [0.4, 0.5) is 5.69 Å². The normalized spacial score (nSPS) is 17.6. The molecule has 1 heterocycles. The van der Waals surface area contributed by atoms with E-state index in [0.29, 0.717) is 12.8 Å². The van der Waals surface area contributed by atoms with Gasteiger partial charge in [-0.25, -0.2) is 17.5 Å². The third-order valence-electron chi connectivity index (χ3n) is 4.01. The van der Waals surface area contributed by atoms with Gasteiger partial charge in [-0.2, -0.15) is 0 Å². The molecular weight excluding hydrogens is 394 g/mol. The number of benzene rings is 1. The predicted octanol–water partition coefficient (Wildman–Crippen LogP) is 2.10. The minimum absolute atomic E-state index is 0.0948. The molecule has 0 radical (unpaired) electrons. The van der Waals surface area contributed by atoms with E-state index in [-0.39, 0.29) is 33.4 Å². The Morgan fingerprint density at radius 1 is 1.44 bits per heavy atom. The van der Waals surface area contributed by atoms with Crippen LogP contribution in [0.2, 0.25) is 0 Å². The summed E-state index contributed by atoms with van der Waals surface area (Å²) >= 11 is 5.18. The van der Waals surface area contributed by atoms with Crippen molar-refractivity contribution in [2.75, 3.05) is 5.75 Å². The van der Waals surface area contributed by atoms with Crippen molar-refractivity contribution in [3.8, 4) is 0 Å². The van der Waals surface area contributed by atoms with Gasteiger partial charge < -0.3 is 10.4 Å². The maximum Gasteiger partial charge on any atom is 0.335 e. The number of hydrogen-bond acceptors (Lipinski definition) is 6. The maximum absolute atomic E-state index is 12.9. The second-order valence-electron chi connectivity index (χ2n) is 5.98. The number of non-ortho nitro benzene ring substituents is 1. The van der Waals surface area contributed by atoms with Crippen molar-refractivity contribution in [3.63, 3.8) is 0 Å². The number of unbranched alkanes of at least 4 members (excludes halogenated alkanes) is 1. The molecule has 1 aliphatic heterocycles. The number of nitrogens with one attached hydrogen (secondary N) is 1. The van der Waals surface area contributed by atoms with Crippen LogP contribution in [0.1, 0.15) is 32.3 Å². The van der Waals surface area contributed by atoms with E-state index >= 15 is 0 Å². The summed E-state index contributed by atoms with van der Waals surface area (Å²) in [5.41, 5.74) is -0.590. The topological polar surface area (TPSA) is 130 Å². The van der Waals surface area contributed by atoms with Crippen LogP contribution < -0.4 is 5.32 Å². The van der Waals surface area contributed by atoms with Crippen LogP contribution in [0.5, 0.6) is 0 Å². The molecule has 0 aromatic heterocycles. The lowest BCUT2D eigenvalue weighted by molar-refractivity contribution is -0.384. The lowest BCUT2D eigenvalue weighted by atomic mass is 9.99. The van der Waals surface area contributed by atoms with Crippen molar-refractivity contribution in [3.05, 3.63) is 45.5 Å². The van der Waals surface area contributed by atoms with Crippen molar-refractivity contribution in [2.24, 2.45) is 0 Å². The van der Waals surface area contributed by atoms with Gasteiger partial charge in [0, 0.05) is 17.7 Å². The first-order valence-corrected chi connectivity index (χ1v) is 10.2. The van der Waals surface area contributed by atoms with Gasteiger partial charge in [0.2, 0.25) is 10.0 Å². The van der Waals surface area contributed by atoms with Gasteiger partial charge >= 0.3 is 5.97 Å². The van der Waals surface area contributed by atoms with E-state index in [1.165, 1.54) is 25.1 Å². The average Bonchev–Trinajstić information content (AvgIpc) is 2.58. The van der Waals surface area contributed by atoms with E-state index in [1.807, 2.05) is 6.92 Å². The fourth-order valence-corrected chi connectivity index (χ4v) is 4.97. The zero-order chi connectivity index (χ0) is 20.4. The van der Waals surface area contributed by atoms with Crippen LogP contribution in [0.25, 0.3) is 5.70 Å². The fraction of sp³-hybridized carbons (Fsp3) is 0.375. The van der Waals surface area contributed by atoms with E-state index in [0.717, 1.165) is 10.4 Å². The summed E-state index contributed by atoms with van der Waals surface area (Å²) in [5, 5.41) is 23.3. The van der Waals surface area contributed by atoms with E-state index < -0.39 is 27.0 Å². The highest BCUT2D eigenvalue weighted by atomic mass is 32.2. The van der Waals surface area contributed by atoms with Crippen LogP contribution >= 0.6 is 12.2 Å². The first-order valence-electron chi connectivity index (χ1n) is 8.16. The summed E-state index contributed by atoms with van der Waals surface area (Å²) in [6.07, 6.45) is 0.979. The second kappa shape index (κ2) is 8.01. The van der Waals surface area contributed by atoms with Gasteiger partial charge in [-0.05, 0) is 25.6 Å². The Bertz CT molecular complexity index is 926. The molecule has 9 nitrogen and oxygen atoms in total. The lowest BCUT2D eigenvalue weighted by Gasteiger charge is -2.36. The smallest absolute Gasteiger partial charge is 0.335 e. The van der Waals surface area contributed by atoms with E-state index in [2.05, 4.69) is 5.32 Å². The summed E-state index contributed by atoms with van der Waals surface area (Å²) < 4.78 is 26.5. The first kappa shape index (κ1) is 20.8. The van der Waals surface area contributed by atoms with Crippen molar-refractivity contribution < 1.29 is 23.2 Å². The van der Waals surface area contributed by atoms with Gasteiger partial charge in [-0.3, -0.25) is 10.1 Å². The molecule has 1 unspecified atom stereocenters. The molecule has 1 aromatic carbocycles. The van der Waals surface area contributed by atoms with E-state index in [4.69, 9.17) is 12.2 Å². The Labute approximate surface area is 161 Å². The summed E-state index contributed by atoms with van der Waals surface area (Å²) in [5.74, 6) is -1.57. The van der Waals surface area contributed by atoms with Gasteiger partial charge in [0.1, 0.15) is 0 Å². The quantitative estimate of drug-likeness (QED) is 0.395. The zero-order valence-corrected chi connectivity index (χ0v) is 16.3. The first-order chi connectivity index (χ1) is 12.6. The van der Waals surface area contributed by atoms with Crippen LogP contribution in [0, 0.1) is 10.1 Å². The van der Waals surface area contributed by atoms with Gasteiger partial charge in [0.25, 0.3) is 5.69 Å². The maximum atomic E-state index is 12.9. The van der Waals surface area contributed by atoms with Crippen LogP contribution in [-0.4, -0.2) is 45.6 Å². The standard InChI is InChI=1S/C16H19N3O6S2/c1-3-4-8-27(24,25)18-14(11-6-5-7-12(9-11)19(22)23)13(15(20)21)10(2)17-16(18)26/h5-7,9-10H,3-4,8H2,1-2H3,(H,17,26)(H,20,21). The minimum Gasteiger partial charge on any atom is -0.478 e. The highest BCUT2D eigenvalue weighted by molar-refractivity contribution is 7.91. The molecule has 11 heteroatoms. The van der Waals surface area contributed by atoms with E-state index in [1.54, 1.807) is 0 Å². The molecule has 0 fully saturated rings. The Balaban J connectivity index is 2.78. The van der Waals surface area contributed by atoms with Crippen molar-refractivity contribution in [2.45, 2.75) is 32.7 Å². The highest BCUT2D eigenvalue weighted by Gasteiger charge is 2.39. The van der Waals surface area contributed by atoms with Crippen molar-refractivity contribution >= 4 is 44.7 Å². The molecule has 1 aliphatic rings. The average molecular weight is 413 g/mol. The molecule has 0 amide bonds. The molecule has 27 heavy (non-hydrogen) atoms. The number of hydrogen-bond donors (Lipinski definition) is 2. The summed E-state index contributed by atoms with van der Waals surface area (Å²) in [6, 6.07) is 4.40. The second-order valence-corrected chi connectivity index (χ2v) is 8.30. The number of nitrogens with zero attached hydrogens (tertiary/aromatic N) is 2. The minimum atomic E-state index is -3.98. The fourth-order valence-electron chi connectivity index (χ4n) is 2.74. The summed E-state index contributed by atoms with van der Waals surface area (Å²) in [4.78, 5) is 22.3. The number of thiocarbonyl (C=S) groups is 1. The lowest BCUT2D eigenvalue weighted by Crippen LogP contribution is -2.52. The van der Waals surface area contributed by atoms with Gasteiger partial charge in [0.15, 0.2) is 5.11 Å². The molecule has 0 aliphatic carbocycles. The number of carbonyl (C=O) groups is 1. The number of aliphatic carboxylic acids is 1. The van der Waals surface area contributed by atoms with Gasteiger partial charge in [-0.15, -0.1) is 0 Å². The monoisotopic (exact) mass is 413 g/mol. The molecule has 1 atom stereocenters. The predicted molar refractivity (Wildman–Crippen MR) is 103 cm³/mol. The number of nitro benzene ring substituents is 1. The van der Waals surface area contributed by atoms with Crippen LogP contribution in [-0.2, 0) is 14.8 Å². The summed E-state index contributed by atoms with van der Waals surface area (Å²) in [6.45, 7) is 3.35.